The van der Waals surface area contributed by atoms with Crippen molar-refractivity contribution >= 4 is 23.6 Å². The van der Waals surface area contributed by atoms with E-state index in [0.717, 1.165) is 42.7 Å². The highest BCUT2D eigenvalue weighted by Crippen LogP contribution is 2.27. The Balaban J connectivity index is 1.72. The average Bonchev–Trinajstić information content (AvgIpc) is 3.15. The minimum Gasteiger partial charge on any atom is -0.378 e. The first-order valence-corrected chi connectivity index (χ1v) is 11.7. The zero-order valence-corrected chi connectivity index (χ0v) is 19.2. The molecule has 1 fully saturated rings. The summed E-state index contributed by atoms with van der Waals surface area (Å²) >= 11 is 1.43. The van der Waals surface area contributed by atoms with Gasteiger partial charge in [-0.25, -0.2) is 0 Å². The third-order valence-corrected chi connectivity index (χ3v) is 6.02. The molecule has 1 N–H and O–H groups in total. The lowest BCUT2D eigenvalue weighted by atomic mass is 10.0. The molecule has 2 heterocycles. The minimum absolute atomic E-state index is 0.0305. The fourth-order valence-electron chi connectivity index (χ4n) is 3.42. The van der Waals surface area contributed by atoms with Crippen molar-refractivity contribution in [2.75, 3.05) is 37.0 Å². The molecule has 0 bridgehead atoms. The van der Waals surface area contributed by atoms with E-state index in [1.165, 1.54) is 17.3 Å². The van der Waals surface area contributed by atoms with Crippen molar-refractivity contribution in [3.05, 3.63) is 29.8 Å². The summed E-state index contributed by atoms with van der Waals surface area (Å²) in [6, 6.07) is 8.45. The van der Waals surface area contributed by atoms with Crippen LogP contribution < -0.4 is 10.2 Å². The number of thioether (sulfide) groups is 1. The van der Waals surface area contributed by atoms with Gasteiger partial charge in [-0.2, -0.15) is 0 Å². The number of rotatable bonds is 9. The highest BCUT2D eigenvalue weighted by molar-refractivity contribution is 7.99. The minimum atomic E-state index is 0.0305. The molecule has 2 aromatic rings. The van der Waals surface area contributed by atoms with Gasteiger partial charge in [-0.15, -0.1) is 10.2 Å². The number of amides is 1. The third kappa shape index (κ3) is 6.22. The van der Waals surface area contributed by atoms with E-state index in [1.807, 2.05) is 6.07 Å². The molecule has 0 unspecified atom stereocenters. The van der Waals surface area contributed by atoms with Gasteiger partial charge in [0.15, 0.2) is 5.16 Å². The number of hydrogen-bond acceptors (Lipinski definition) is 6. The molecular weight excluding hydrogens is 398 g/mol. The molecule has 1 amide bonds. The summed E-state index contributed by atoms with van der Waals surface area (Å²) in [5.74, 6) is 1.80. The molecule has 0 aliphatic carbocycles. The predicted molar refractivity (Wildman–Crippen MR) is 122 cm³/mol. The molecule has 7 nitrogen and oxygen atoms in total. The monoisotopic (exact) mass is 431 g/mol. The van der Waals surface area contributed by atoms with Gasteiger partial charge in [0.05, 0.1) is 24.7 Å². The van der Waals surface area contributed by atoms with Gasteiger partial charge in [0.2, 0.25) is 11.9 Å². The number of morpholine rings is 1. The Bertz CT molecular complexity index is 833. The van der Waals surface area contributed by atoms with E-state index < -0.39 is 0 Å². The Hall–Kier alpha value is -2.06. The van der Waals surface area contributed by atoms with Crippen LogP contribution in [0.3, 0.4) is 0 Å². The largest absolute Gasteiger partial charge is 0.378 e. The molecule has 1 aromatic carbocycles. The van der Waals surface area contributed by atoms with Crippen LogP contribution in [0.25, 0.3) is 5.69 Å². The van der Waals surface area contributed by atoms with Gasteiger partial charge in [-0.3, -0.25) is 9.36 Å². The van der Waals surface area contributed by atoms with Crippen LogP contribution >= 0.6 is 11.8 Å². The number of aryl methyl sites for hydroxylation is 1. The number of aromatic nitrogens is 3. The Kier molecular flexibility index (Phi) is 8.16. The molecule has 1 aromatic heterocycles. The lowest BCUT2D eigenvalue weighted by Gasteiger charge is -2.28. The maximum Gasteiger partial charge on any atom is 0.232 e. The van der Waals surface area contributed by atoms with E-state index in [-0.39, 0.29) is 11.9 Å². The molecule has 0 radical (unpaired) electrons. The van der Waals surface area contributed by atoms with Gasteiger partial charge in [0.1, 0.15) is 0 Å². The van der Waals surface area contributed by atoms with Crippen LogP contribution in [-0.2, 0) is 9.53 Å². The SMILES string of the molecule is Cc1cccc(-n2c(SCC(=O)N[C@@H](C)CCC(C)C)nnc2N2CCOCC2)c1. The zero-order chi connectivity index (χ0) is 21.5. The number of hydrogen-bond donors (Lipinski definition) is 1. The molecule has 8 heteroatoms. The highest BCUT2D eigenvalue weighted by atomic mass is 32.2. The van der Waals surface area contributed by atoms with Crippen LogP contribution in [0.1, 0.15) is 39.2 Å². The molecule has 0 spiro atoms. The standard InChI is InChI=1S/C22H33N5O2S/c1-16(2)8-9-18(4)23-20(28)15-30-22-25-24-21(26-10-12-29-13-11-26)27(22)19-7-5-6-17(3)14-19/h5-7,14,16,18H,8-13,15H2,1-4H3,(H,23,28)/t18-/m0/s1. The zero-order valence-electron chi connectivity index (χ0n) is 18.4. The van der Waals surface area contributed by atoms with Crippen molar-refractivity contribution in [2.45, 2.75) is 51.7 Å². The van der Waals surface area contributed by atoms with E-state index >= 15 is 0 Å². The normalized spacial score (nSPS) is 15.4. The van der Waals surface area contributed by atoms with Crippen molar-refractivity contribution in [1.82, 2.24) is 20.1 Å². The Morgan fingerprint density at radius 3 is 2.67 bits per heavy atom. The highest BCUT2D eigenvalue weighted by Gasteiger charge is 2.22. The number of carbonyl (C=O) groups is 1. The Labute approximate surface area is 183 Å². The number of anilines is 1. The molecule has 164 valence electrons. The molecule has 3 rings (SSSR count). The summed E-state index contributed by atoms with van der Waals surface area (Å²) in [7, 11) is 0. The van der Waals surface area contributed by atoms with E-state index in [0.29, 0.717) is 24.9 Å². The molecular formula is C22H33N5O2S. The molecule has 1 atom stereocenters. The molecule has 1 aliphatic heterocycles. The number of nitrogens with one attached hydrogen (secondary N) is 1. The lowest BCUT2D eigenvalue weighted by Crippen LogP contribution is -2.38. The smallest absolute Gasteiger partial charge is 0.232 e. The second-order valence-corrected chi connectivity index (χ2v) is 9.23. The maximum atomic E-state index is 12.5. The van der Waals surface area contributed by atoms with Gasteiger partial charge < -0.3 is 15.0 Å². The van der Waals surface area contributed by atoms with Crippen LogP contribution in [0.15, 0.2) is 29.4 Å². The van der Waals surface area contributed by atoms with Crippen molar-refractivity contribution in [3.63, 3.8) is 0 Å². The maximum absolute atomic E-state index is 12.5. The van der Waals surface area contributed by atoms with Crippen LogP contribution in [-0.4, -0.2) is 58.8 Å². The first-order chi connectivity index (χ1) is 14.4. The molecule has 1 saturated heterocycles. The van der Waals surface area contributed by atoms with Crippen molar-refractivity contribution in [1.29, 1.82) is 0 Å². The van der Waals surface area contributed by atoms with E-state index in [9.17, 15) is 4.79 Å². The number of ether oxygens (including phenoxy) is 1. The fourth-order valence-corrected chi connectivity index (χ4v) is 4.18. The van der Waals surface area contributed by atoms with E-state index in [1.54, 1.807) is 0 Å². The van der Waals surface area contributed by atoms with Crippen molar-refractivity contribution in [2.24, 2.45) is 5.92 Å². The quantitative estimate of drug-likeness (QED) is 0.613. The van der Waals surface area contributed by atoms with Gasteiger partial charge in [0.25, 0.3) is 0 Å². The van der Waals surface area contributed by atoms with E-state index in [4.69, 9.17) is 4.74 Å². The van der Waals surface area contributed by atoms with Crippen LogP contribution in [0.4, 0.5) is 5.95 Å². The molecule has 30 heavy (non-hydrogen) atoms. The average molecular weight is 432 g/mol. The summed E-state index contributed by atoms with van der Waals surface area (Å²) in [5.41, 5.74) is 2.18. The first kappa shape index (κ1) is 22.6. The van der Waals surface area contributed by atoms with Crippen LogP contribution in [0.2, 0.25) is 0 Å². The molecule has 0 saturated carbocycles. The van der Waals surface area contributed by atoms with Crippen LogP contribution in [0.5, 0.6) is 0 Å². The Morgan fingerprint density at radius 1 is 1.20 bits per heavy atom. The van der Waals surface area contributed by atoms with Gasteiger partial charge in [0, 0.05) is 19.1 Å². The van der Waals surface area contributed by atoms with Crippen molar-refractivity contribution in [3.8, 4) is 5.69 Å². The second kappa shape index (κ2) is 10.8. The molecule has 1 aliphatic rings. The van der Waals surface area contributed by atoms with Crippen molar-refractivity contribution < 1.29 is 9.53 Å². The Morgan fingerprint density at radius 2 is 1.97 bits per heavy atom. The lowest BCUT2D eigenvalue weighted by molar-refractivity contribution is -0.119. The van der Waals surface area contributed by atoms with Crippen LogP contribution in [0, 0.1) is 12.8 Å². The third-order valence-electron chi connectivity index (χ3n) is 5.09. The van der Waals surface area contributed by atoms with E-state index in [2.05, 4.69) is 70.9 Å². The van der Waals surface area contributed by atoms with Gasteiger partial charge in [-0.05, 0) is 50.3 Å². The number of nitrogens with zero attached hydrogens (tertiary/aromatic N) is 4. The first-order valence-electron chi connectivity index (χ1n) is 10.7. The second-order valence-electron chi connectivity index (χ2n) is 8.28. The fraction of sp³-hybridized carbons (Fsp3) is 0.591. The summed E-state index contributed by atoms with van der Waals surface area (Å²) in [6.07, 6.45) is 2.11. The van der Waals surface area contributed by atoms with Gasteiger partial charge >= 0.3 is 0 Å². The van der Waals surface area contributed by atoms with Gasteiger partial charge in [-0.1, -0.05) is 37.7 Å². The summed E-state index contributed by atoms with van der Waals surface area (Å²) in [6.45, 7) is 11.5. The number of carbonyl (C=O) groups excluding carboxylic acids is 1. The number of benzene rings is 1. The predicted octanol–water partition coefficient (Wildman–Crippen LogP) is 3.45. The summed E-state index contributed by atoms with van der Waals surface area (Å²) in [5, 5.41) is 12.7. The summed E-state index contributed by atoms with van der Waals surface area (Å²) < 4.78 is 7.54. The summed E-state index contributed by atoms with van der Waals surface area (Å²) in [4.78, 5) is 14.7. The topological polar surface area (TPSA) is 72.3 Å².